The van der Waals surface area contributed by atoms with Crippen molar-refractivity contribution in [1.29, 1.82) is 0 Å². The van der Waals surface area contributed by atoms with Gasteiger partial charge in [0, 0.05) is 58.9 Å². The number of pyridine rings is 1. The number of hydrogen-bond donors (Lipinski definition) is 6. The van der Waals surface area contributed by atoms with Gasteiger partial charge in [-0.15, -0.1) is 0 Å². The first-order valence-electron chi connectivity index (χ1n) is 24.1. The number of cyclic esters (lactones) is 1. The molecule has 6 N–H and O–H groups in total. The van der Waals surface area contributed by atoms with E-state index in [0.717, 1.165) is 6.42 Å². The highest BCUT2D eigenvalue weighted by molar-refractivity contribution is 5.79. The van der Waals surface area contributed by atoms with Crippen LogP contribution in [0.5, 0.6) is 5.88 Å². The molecule has 19 heteroatoms. The molecule has 0 amide bonds. The van der Waals surface area contributed by atoms with Crippen LogP contribution in [-0.4, -0.2) is 187 Å². The van der Waals surface area contributed by atoms with E-state index in [1.807, 2.05) is 39.6 Å². The van der Waals surface area contributed by atoms with Crippen LogP contribution in [0.3, 0.4) is 0 Å². The Morgan fingerprint density at radius 1 is 1.00 bits per heavy atom. The van der Waals surface area contributed by atoms with E-state index in [4.69, 9.17) is 47.6 Å². The Hall–Kier alpha value is -2.79. The minimum absolute atomic E-state index is 0.0646. The molecule has 19 nitrogen and oxygen atoms in total. The number of aliphatic imine (C=N–C) groups is 1. The standard InChI is InChI=1S/C48H83N5O14/c1-15-35-47(10,57)40(54)31(6)50-24-27(2)22-45(8,56)41(67-43-39-34(21-28(3)62-43)53(11)44(66-39)52-33-17-18-36(60-13)51-25-33)29(4)38(30(5)42(55)64-35)65-37-23-46(9,61-14)48(58,32(7)63-37)26-49-19-16-20-59-12/h17-18,25,27-32,34-35,37-41,43,49-50,54,56-58H,15-16,19-24,26H2,1-14H3/b52-44-/t27-,28-,29+,30-,31-,32+,34+,35-,37+,38+,39-,40-,41-,43+,45-,46-,47-,48+/m1/s1. The van der Waals surface area contributed by atoms with Crippen molar-refractivity contribution in [2.45, 2.75) is 191 Å². The maximum atomic E-state index is 14.6. The van der Waals surface area contributed by atoms with E-state index in [1.165, 1.54) is 14.0 Å². The summed E-state index contributed by atoms with van der Waals surface area (Å²) in [7, 11) is 6.62. The number of rotatable bonds is 14. The van der Waals surface area contributed by atoms with Crippen LogP contribution >= 0.6 is 0 Å². The van der Waals surface area contributed by atoms with E-state index in [-0.39, 0.29) is 43.9 Å². The summed E-state index contributed by atoms with van der Waals surface area (Å²) in [4.78, 5) is 25.6. The Balaban J connectivity index is 1.55. The summed E-state index contributed by atoms with van der Waals surface area (Å²) in [6, 6.07) is 3.01. The van der Waals surface area contributed by atoms with Gasteiger partial charge >= 0.3 is 5.97 Å². The van der Waals surface area contributed by atoms with Gasteiger partial charge in [0.2, 0.25) is 5.88 Å². The summed E-state index contributed by atoms with van der Waals surface area (Å²) < 4.78 is 56.4. The van der Waals surface area contributed by atoms with Gasteiger partial charge in [-0.3, -0.25) is 4.79 Å². The summed E-state index contributed by atoms with van der Waals surface area (Å²) >= 11 is 0. The summed E-state index contributed by atoms with van der Waals surface area (Å²) in [5, 5.41) is 55.1. The largest absolute Gasteiger partial charge is 0.481 e. The number of amidine groups is 1. The van der Waals surface area contributed by atoms with Crippen molar-refractivity contribution in [2.24, 2.45) is 22.7 Å². The van der Waals surface area contributed by atoms with Crippen molar-refractivity contribution in [2.75, 3.05) is 54.6 Å². The maximum absolute atomic E-state index is 14.6. The number of hydrogen-bond acceptors (Lipinski definition) is 18. The molecule has 1 aromatic heterocycles. The lowest BCUT2D eigenvalue weighted by atomic mass is 9.75. The number of methoxy groups -OCH3 is 3. The highest BCUT2D eigenvalue weighted by Crippen LogP contribution is 2.44. The van der Waals surface area contributed by atoms with Crippen molar-refractivity contribution in [3.8, 4) is 5.88 Å². The van der Waals surface area contributed by atoms with Gasteiger partial charge in [0.15, 0.2) is 18.7 Å². The Kier molecular flexibility index (Phi) is 18.9. The Morgan fingerprint density at radius 2 is 1.72 bits per heavy atom. The smallest absolute Gasteiger partial charge is 0.311 e. The molecule has 1 aromatic rings. The zero-order valence-electron chi connectivity index (χ0n) is 42.4. The molecule has 0 bridgehead atoms. The normalized spacial score (nSPS) is 43.2. The molecule has 4 saturated heterocycles. The second-order valence-electron chi connectivity index (χ2n) is 20.2. The van der Waals surface area contributed by atoms with Crippen LogP contribution in [0.1, 0.15) is 101 Å². The number of aromatic nitrogens is 1. The van der Waals surface area contributed by atoms with Crippen LogP contribution < -0.4 is 15.4 Å². The fourth-order valence-corrected chi connectivity index (χ4v) is 10.5. The van der Waals surface area contributed by atoms with Crippen LogP contribution in [0.2, 0.25) is 0 Å². The second-order valence-corrected chi connectivity index (χ2v) is 20.2. The van der Waals surface area contributed by atoms with E-state index in [9.17, 15) is 25.2 Å². The predicted molar refractivity (Wildman–Crippen MR) is 249 cm³/mol. The summed E-state index contributed by atoms with van der Waals surface area (Å²) in [5.74, 6) is -2.29. The molecule has 67 heavy (non-hydrogen) atoms. The first kappa shape index (κ1) is 55.1. The molecule has 5 rings (SSSR count). The third-order valence-electron chi connectivity index (χ3n) is 14.8. The highest BCUT2D eigenvalue weighted by atomic mass is 16.7. The molecule has 0 unspecified atom stereocenters. The van der Waals surface area contributed by atoms with Crippen LogP contribution in [-0.2, 0) is 42.7 Å². The Morgan fingerprint density at radius 3 is 2.34 bits per heavy atom. The minimum Gasteiger partial charge on any atom is -0.481 e. The quantitative estimate of drug-likeness (QED) is 0.116. The van der Waals surface area contributed by atoms with Gasteiger partial charge in [0.25, 0.3) is 6.02 Å². The minimum atomic E-state index is -1.84. The van der Waals surface area contributed by atoms with E-state index in [2.05, 4.69) is 15.6 Å². The summed E-state index contributed by atoms with van der Waals surface area (Å²) in [5.41, 5.74) is -5.56. The second kappa shape index (κ2) is 23.0. The average Bonchev–Trinajstić information content (AvgIpc) is 3.59. The third kappa shape index (κ3) is 12.4. The molecule has 5 heterocycles. The number of carbonyl (C=O) groups is 1. The van der Waals surface area contributed by atoms with Crippen LogP contribution in [0.15, 0.2) is 23.3 Å². The fraction of sp³-hybridized carbons (Fsp3) is 0.854. The first-order chi connectivity index (χ1) is 31.5. The van der Waals surface area contributed by atoms with Gasteiger partial charge in [-0.1, -0.05) is 20.8 Å². The third-order valence-corrected chi connectivity index (χ3v) is 14.8. The first-order valence-corrected chi connectivity index (χ1v) is 24.1. The van der Waals surface area contributed by atoms with Crippen molar-refractivity contribution >= 4 is 17.7 Å². The van der Waals surface area contributed by atoms with Crippen molar-refractivity contribution < 1.29 is 67.9 Å². The average molecular weight is 954 g/mol. The number of nitrogens with one attached hydrogen (secondary N) is 2. The SMILES string of the molecule is CC[C@H]1OC(=O)[C@H](C)[C@@H](O[C@H]2C[C@@](C)(OC)[C@](O)(CNCCCOC)[C@H](C)O2)[C@H](C)[C@@H](O[C@@H]2O[C@H](C)C[C@H]3[C@H]2O/C(=N\c2ccc(OC)nc2)N3C)[C@](C)(O)C[C@@H](C)CN[C@H](C)[C@@H](O)[C@]1(C)O. The molecule has 0 spiro atoms. The monoisotopic (exact) mass is 954 g/mol. The number of nitrogens with zero attached hydrogens (tertiary/aromatic N) is 3. The lowest BCUT2D eigenvalue weighted by Crippen LogP contribution is -2.70. The number of ether oxygens (including phenoxy) is 9. The lowest BCUT2D eigenvalue weighted by Gasteiger charge is -2.53. The topological polar surface area (TPSA) is 234 Å². The van der Waals surface area contributed by atoms with Crippen LogP contribution in [0.25, 0.3) is 0 Å². The molecule has 0 aliphatic carbocycles. The fourth-order valence-electron chi connectivity index (χ4n) is 10.5. The van der Waals surface area contributed by atoms with Crippen molar-refractivity contribution in [1.82, 2.24) is 20.5 Å². The number of esters is 1. The zero-order chi connectivity index (χ0) is 49.6. The summed E-state index contributed by atoms with van der Waals surface area (Å²) in [6.45, 7) is 19.4. The van der Waals surface area contributed by atoms with Gasteiger partial charge in [-0.05, 0) is 99.2 Å². The lowest BCUT2D eigenvalue weighted by molar-refractivity contribution is -0.335. The zero-order valence-corrected chi connectivity index (χ0v) is 42.4. The molecule has 4 fully saturated rings. The molecular formula is C48H83N5O14. The number of aliphatic hydroxyl groups is 4. The molecule has 4 aliphatic rings. The summed E-state index contributed by atoms with van der Waals surface area (Å²) in [6.07, 6.45) is -4.97. The van der Waals surface area contributed by atoms with Crippen molar-refractivity contribution in [3.05, 3.63) is 18.3 Å². The molecule has 4 aliphatic heterocycles. The number of carbonyl (C=O) groups excluding carboxylic acids is 1. The molecule has 0 radical (unpaired) electrons. The Labute approximate surface area is 397 Å². The molecule has 0 aromatic carbocycles. The van der Waals surface area contributed by atoms with Gasteiger partial charge < -0.3 is 78.6 Å². The van der Waals surface area contributed by atoms with E-state index < -0.39 is 95.5 Å². The van der Waals surface area contributed by atoms with E-state index in [0.29, 0.717) is 43.7 Å². The van der Waals surface area contributed by atoms with Crippen molar-refractivity contribution in [3.63, 3.8) is 0 Å². The van der Waals surface area contributed by atoms with Gasteiger partial charge in [0.1, 0.15) is 29.0 Å². The maximum Gasteiger partial charge on any atom is 0.311 e. The Bertz CT molecular complexity index is 1760. The predicted octanol–water partition coefficient (Wildman–Crippen LogP) is 3.05. The number of aliphatic hydroxyl groups excluding tert-OH is 1. The van der Waals surface area contributed by atoms with Crippen LogP contribution in [0.4, 0.5) is 5.69 Å². The molecular weight excluding hydrogens is 871 g/mol. The molecule has 384 valence electrons. The molecule has 18 atom stereocenters. The highest BCUT2D eigenvalue weighted by Gasteiger charge is 2.59. The number of fused-ring (bicyclic) bond motifs is 1. The molecule has 0 saturated carbocycles. The van der Waals surface area contributed by atoms with Crippen LogP contribution in [0, 0.1) is 17.8 Å². The van der Waals surface area contributed by atoms with E-state index >= 15 is 0 Å². The van der Waals surface area contributed by atoms with Gasteiger partial charge in [0.05, 0.1) is 61.0 Å². The number of likely N-dealkylation sites (N-methyl/N-ethyl adjacent to an activating group) is 1. The van der Waals surface area contributed by atoms with Gasteiger partial charge in [-0.2, -0.15) is 4.99 Å². The van der Waals surface area contributed by atoms with Gasteiger partial charge in [-0.25, -0.2) is 4.98 Å². The van der Waals surface area contributed by atoms with E-state index in [1.54, 1.807) is 67.2 Å².